The van der Waals surface area contributed by atoms with Crippen molar-refractivity contribution >= 4 is 15.7 Å². The molecule has 0 unspecified atom stereocenters. The molecule has 0 fully saturated rings. The first kappa shape index (κ1) is 13.1. The molecule has 0 amide bonds. The Labute approximate surface area is 86.7 Å². The second-order valence-corrected chi connectivity index (χ2v) is 6.14. The minimum atomic E-state index is 0.383. The third kappa shape index (κ3) is 2.14. The van der Waals surface area contributed by atoms with Gasteiger partial charge >= 0.3 is 0 Å². The van der Waals surface area contributed by atoms with E-state index in [1.807, 2.05) is 0 Å². The fraction of sp³-hybridized carbons (Fsp3) is 1.00. The molecule has 0 spiro atoms. The SMILES string of the molecule is BC(B)(C(C)(C)C)C(C)(CC)CC. The van der Waals surface area contributed by atoms with E-state index in [2.05, 4.69) is 57.2 Å². The van der Waals surface area contributed by atoms with Crippen molar-refractivity contribution in [2.45, 2.75) is 59.6 Å². The number of rotatable bonds is 3. The van der Waals surface area contributed by atoms with E-state index in [1.54, 1.807) is 0 Å². The van der Waals surface area contributed by atoms with Crippen molar-refractivity contribution in [3.05, 3.63) is 0 Å². The van der Waals surface area contributed by atoms with Gasteiger partial charge in [0.05, 0.1) is 0 Å². The Morgan fingerprint density at radius 3 is 1.23 bits per heavy atom. The van der Waals surface area contributed by atoms with Gasteiger partial charge in [0.2, 0.25) is 0 Å². The van der Waals surface area contributed by atoms with Crippen molar-refractivity contribution < 1.29 is 0 Å². The number of hydrogen-bond acceptors (Lipinski definition) is 0. The molecule has 0 aliphatic rings. The van der Waals surface area contributed by atoms with Gasteiger partial charge in [-0.25, -0.2) is 0 Å². The highest BCUT2D eigenvalue weighted by atomic mass is 14.4. The molecule has 0 nitrogen and oxygen atoms in total. The molecule has 0 radical (unpaired) electrons. The van der Waals surface area contributed by atoms with Crippen LogP contribution in [-0.2, 0) is 0 Å². The average Bonchev–Trinajstić information content (AvgIpc) is 2.00. The van der Waals surface area contributed by atoms with Crippen LogP contribution in [0.15, 0.2) is 0 Å². The summed E-state index contributed by atoms with van der Waals surface area (Å²) in [5.74, 6) is 0. The Kier molecular flexibility index (Phi) is 3.75. The minimum Gasteiger partial charge on any atom is -0.0747 e. The molecule has 2 heteroatoms. The van der Waals surface area contributed by atoms with E-state index in [9.17, 15) is 0 Å². The van der Waals surface area contributed by atoms with E-state index in [1.165, 1.54) is 12.8 Å². The predicted octanol–water partition coefficient (Wildman–Crippen LogP) is 2.24. The lowest BCUT2D eigenvalue weighted by Crippen LogP contribution is -2.43. The molecule has 0 atom stereocenters. The molecule has 0 saturated carbocycles. The topological polar surface area (TPSA) is 0 Å². The average molecular weight is 180 g/mol. The summed E-state index contributed by atoms with van der Waals surface area (Å²) in [4.78, 5) is 0. The molecule has 0 aliphatic carbocycles. The van der Waals surface area contributed by atoms with Crippen LogP contribution in [0.25, 0.3) is 0 Å². The van der Waals surface area contributed by atoms with Crippen LogP contribution in [0.5, 0.6) is 0 Å². The van der Waals surface area contributed by atoms with Gasteiger partial charge in [-0.2, -0.15) is 0 Å². The Morgan fingerprint density at radius 2 is 1.15 bits per heavy atom. The van der Waals surface area contributed by atoms with Gasteiger partial charge in [-0.3, -0.25) is 0 Å². The number of hydrogen-bond donors (Lipinski definition) is 0. The summed E-state index contributed by atoms with van der Waals surface area (Å²) in [6, 6.07) is 0. The quantitative estimate of drug-likeness (QED) is 0.584. The molecule has 0 aromatic heterocycles. The Hall–Kier alpha value is 0.130. The van der Waals surface area contributed by atoms with E-state index < -0.39 is 0 Å². The van der Waals surface area contributed by atoms with Gasteiger partial charge < -0.3 is 0 Å². The van der Waals surface area contributed by atoms with Crippen molar-refractivity contribution in [3.8, 4) is 0 Å². The van der Waals surface area contributed by atoms with Crippen LogP contribution >= 0.6 is 0 Å². The van der Waals surface area contributed by atoms with Gasteiger partial charge in [-0.05, 0) is 10.8 Å². The zero-order chi connectivity index (χ0) is 10.9. The fourth-order valence-electron chi connectivity index (χ4n) is 2.04. The Balaban J connectivity index is 5.00. The lowest BCUT2D eigenvalue weighted by Gasteiger charge is -2.52. The van der Waals surface area contributed by atoms with E-state index in [0.717, 1.165) is 0 Å². The van der Waals surface area contributed by atoms with Gasteiger partial charge in [-0.15, -0.1) is 0 Å². The molecule has 13 heavy (non-hydrogen) atoms. The summed E-state index contributed by atoms with van der Waals surface area (Å²) >= 11 is 0. The van der Waals surface area contributed by atoms with Gasteiger partial charge in [0.15, 0.2) is 0 Å². The lowest BCUT2D eigenvalue weighted by atomic mass is 9.33. The van der Waals surface area contributed by atoms with Gasteiger partial charge in [0.1, 0.15) is 15.7 Å². The summed E-state index contributed by atoms with van der Waals surface area (Å²) in [6.07, 6.45) is 2.54. The summed E-state index contributed by atoms with van der Waals surface area (Å²) in [5.41, 5.74) is 0.846. The monoisotopic (exact) mass is 180 g/mol. The molecule has 0 bridgehead atoms. The van der Waals surface area contributed by atoms with Crippen molar-refractivity contribution in [1.29, 1.82) is 0 Å². The van der Waals surface area contributed by atoms with Crippen LogP contribution in [0.3, 0.4) is 0 Å². The zero-order valence-corrected chi connectivity index (χ0v) is 10.9. The van der Waals surface area contributed by atoms with Crippen LogP contribution in [0.4, 0.5) is 0 Å². The first-order chi connectivity index (χ1) is 5.62. The smallest absolute Gasteiger partial charge is 0.0747 e. The standard InChI is InChI=1S/C11H26B2/c1-7-10(6,8-2)11(12,13)9(3,4)5/h7-8,12-13H2,1-6H3. The second-order valence-electron chi connectivity index (χ2n) is 6.14. The van der Waals surface area contributed by atoms with Gasteiger partial charge in [-0.1, -0.05) is 59.6 Å². The van der Waals surface area contributed by atoms with Crippen LogP contribution in [0, 0.1) is 10.8 Å². The molecule has 0 saturated heterocycles. The molecule has 0 heterocycles. The maximum Gasteiger partial charge on any atom is 0.101 e. The molecule has 0 N–H and O–H groups in total. The van der Waals surface area contributed by atoms with Crippen molar-refractivity contribution in [2.75, 3.05) is 0 Å². The summed E-state index contributed by atoms with van der Waals surface area (Å²) in [7, 11) is 4.83. The van der Waals surface area contributed by atoms with Crippen molar-refractivity contribution in [2.24, 2.45) is 10.8 Å². The predicted molar refractivity (Wildman–Crippen MR) is 67.9 cm³/mol. The largest absolute Gasteiger partial charge is 0.101 e. The van der Waals surface area contributed by atoms with Crippen molar-refractivity contribution in [1.82, 2.24) is 0 Å². The van der Waals surface area contributed by atoms with Gasteiger partial charge in [0, 0.05) is 0 Å². The maximum absolute atomic E-state index is 2.43. The third-order valence-electron chi connectivity index (χ3n) is 4.94. The summed E-state index contributed by atoms with van der Waals surface area (Å²) in [5, 5.41) is 0.392. The Morgan fingerprint density at radius 1 is 0.846 bits per heavy atom. The highest BCUT2D eigenvalue weighted by Gasteiger charge is 2.45. The molecule has 0 aromatic carbocycles. The van der Waals surface area contributed by atoms with Crippen LogP contribution < -0.4 is 0 Å². The van der Waals surface area contributed by atoms with E-state index in [4.69, 9.17) is 0 Å². The highest BCUT2D eigenvalue weighted by molar-refractivity contribution is 6.41. The zero-order valence-electron chi connectivity index (χ0n) is 10.9. The fourth-order valence-corrected chi connectivity index (χ4v) is 2.04. The Bertz CT molecular complexity index is 161. The van der Waals surface area contributed by atoms with Crippen LogP contribution in [-0.4, -0.2) is 15.7 Å². The molecule has 76 valence electrons. The molecule has 0 aliphatic heterocycles. The molecular formula is C11H26B2. The third-order valence-corrected chi connectivity index (χ3v) is 4.94. The summed E-state index contributed by atoms with van der Waals surface area (Å²) < 4.78 is 0. The van der Waals surface area contributed by atoms with Crippen LogP contribution in [0.2, 0.25) is 5.21 Å². The second kappa shape index (κ2) is 3.71. The highest BCUT2D eigenvalue weighted by Crippen LogP contribution is 2.56. The summed E-state index contributed by atoms with van der Waals surface area (Å²) in [6.45, 7) is 14.1. The maximum atomic E-state index is 2.43. The molecular weight excluding hydrogens is 154 g/mol. The molecule has 0 aromatic rings. The van der Waals surface area contributed by atoms with E-state index in [-0.39, 0.29) is 0 Å². The first-order valence-corrected chi connectivity index (χ1v) is 5.62. The minimum absolute atomic E-state index is 0.383. The first-order valence-electron chi connectivity index (χ1n) is 5.62. The molecule has 0 rings (SSSR count). The lowest BCUT2D eigenvalue weighted by molar-refractivity contribution is 0.147. The van der Waals surface area contributed by atoms with E-state index >= 15 is 0 Å². The van der Waals surface area contributed by atoms with Crippen LogP contribution in [0.1, 0.15) is 54.4 Å². The van der Waals surface area contributed by atoms with E-state index in [0.29, 0.717) is 16.0 Å². The normalized spacial score (nSPS) is 14.6. The van der Waals surface area contributed by atoms with Gasteiger partial charge in [0.25, 0.3) is 0 Å². The van der Waals surface area contributed by atoms with Crippen molar-refractivity contribution in [3.63, 3.8) is 0 Å².